The van der Waals surface area contributed by atoms with Crippen molar-refractivity contribution in [3.8, 4) is 0 Å². The zero-order valence-corrected chi connectivity index (χ0v) is 9.94. The van der Waals surface area contributed by atoms with Crippen LogP contribution in [0.1, 0.15) is 19.4 Å². The van der Waals surface area contributed by atoms with Crippen molar-refractivity contribution in [2.24, 2.45) is 0 Å². The summed E-state index contributed by atoms with van der Waals surface area (Å²) in [7, 11) is 0. The van der Waals surface area contributed by atoms with Crippen LogP contribution in [0.4, 0.5) is 0 Å². The molecule has 0 heterocycles. The second-order valence-electron chi connectivity index (χ2n) is 2.87. The van der Waals surface area contributed by atoms with Crippen LogP contribution in [-0.4, -0.2) is 0 Å². The monoisotopic (exact) mass is 317 g/mol. The van der Waals surface area contributed by atoms with Crippen LogP contribution in [0.25, 0.3) is 0 Å². The van der Waals surface area contributed by atoms with Gasteiger partial charge in [0.2, 0.25) is 0 Å². The number of benzene rings is 1. The first-order chi connectivity index (χ1) is 4.79. The normalized spacial score (nSPS) is 9.36. The Hall–Kier alpha value is -0.0917. The van der Waals surface area contributed by atoms with Crippen molar-refractivity contribution in [2.45, 2.75) is 20.3 Å². The van der Waals surface area contributed by atoms with E-state index < -0.39 is 0 Å². The first-order valence-electron chi connectivity index (χ1n) is 3.62. The standard InChI is InChI=1S/C10H13.W/c1-9(2)8-10-6-4-3-5-7-10;/h3-7H,8H2,1-2H3;/q-1;+2. The first-order valence-corrected chi connectivity index (χ1v) is 3.62. The van der Waals surface area contributed by atoms with Gasteiger partial charge in [-0.25, -0.2) is 0 Å². The molecule has 0 nitrogen and oxygen atoms in total. The minimum Gasteiger partial charge on any atom is -0.315 e. The first kappa shape index (κ1) is 10.9. The molecule has 0 bridgehead atoms. The summed E-state index contributed by atoms with van der Waals surface area (Å²) in [5, 5.41) is 0. The summed E-state index contributed by atoms with van der Waals surface area (Å²) < 4.78 is 0. The van der Waals surface area contributed by atoms with Gasteiger partial charge in [0, 0.05) is 0 Å². The fraction of sp³-hybridized carbons (Fsp3) is 0.300. The third-order valence-corrected chi connectivity index (χ3v) is 1.40. The van der Waals surface area contributed by atoms with Crippen molar-refractivity contribution < 1.29 is 21.1 Å². The fourth-order valence-electron chi connectivity index (χ4n) is 1.00. The summed E-state index contributed by atoms with van der Waals surface area (Å²) >= 11 is 0. The SMILES string of the molecule is C[C-](C)Cc1ccccc1.[W+2]. The molecule has 0 saturated carbocycles. The van der Waals surface area contributed by atoms with Crippen LogP contribution in [0.2, 0.25) is 0 Å². The molecular formula is C10H13W+. The molecule has 0 atom stereocenters. The molecule has 0 aliphatic carbocycles. The summed E-state index contributed by atoms with van der Waals surface area (Å²) in [5.74, 6) is 1.46. The molecule has 0 aliphatic heterocycles. The Bertz CT molecular complexity index is 179. The molecule has 0 aromatic heterocycles. The van der Waals surface area contributed by atoms with Crippen LogP contribution in [0.5, 0.6) is 0 Å². The quantitative estimate of drug-likeness (QED) is 0.736. The van der Waals surface area contributed by atoms with Crippen molar-refractivity contribution in [2.75, 3.05) is 0 Å². The second-order valence-corrected chi connectivity index (χ2v) is 2.87. The van der Waals surface area contributed by atoms with Gasteiger partial charge in [-0.2, -0.15) is 20.3 Å². The Morgan fingerprint density at radius 2 is 1.64 bits per heavy atom. The molecule has 1 rings (SSSR count). The van der Waals surface area contributed by atoms with Crippen molar-refractivity contribution in [1.29, 1.82) is 0 Å². The molecule has 1 aromatic rings. The molecule has 0 saturated heterocycles. The van der Waals surface area contributed by atoms with E-state index in [2.05, 4.69) is 44.2 Å². The van der Waals surface area contributed by atoms with Crippen molar-refractivity contribution in [1.82, 2.24) is 0 Å². The van der Waals surface area contributed by atoms with E-state index in [9.17, 15) is 0 Å². The van der Waals surface area contributed by atoms with Crippen LogP contribution in [0.15, 0.2) is 30.3 Å². The summed E-state index contributed by atoms with van der Waals surface area (Å²) in [5.41, 5.74) is 1.41. The van der Waals surface area contributed by atoms with Crippen molar-refractivity contribution in [3.05, 3.63) is 41.8 Å². The molecule has 0 unspecified atom stereocenters. The second kappa shape index (κ2) is 5.54. The zero-order chi connectivity index (χ0) is 7.40. The smallest absolute Gasteiger partial charge is 0.315 e. The summed E-state index contributed by atoms with van der Waals surface area (Å²) in [6.45, 7) is 4.32. The molecule has 0 amide bonds. The molecule has 0 radical (unpaired) electrons. The van der Waals surface area contributed by atoms with Gasteiger partial charge in [0.1, 0.15) is 0 Å². The van der Waals surface area contributed by atoms with Gasteiger partial charge in [0.15, 0.2) is 0 Å². The predicted octanol–water partition coefficient (Wildman–Crippen LogP) is 2.84. The molecular weight excluding hydrogens is 304 g/mol. The third-order valence-electron chi connectivity index (χ3n) is 1.40. The van der Waals surface area contributed by atoms with Gasteiger partial charge < -0.3 is 5.92 Å². The van der Waals surface area contributed by atoms with Gasteiger partial charge >= 0.3 is 21.1 Å². The van der Waals surface area contributed by atoms with E-state index in [1.54, 1.807) is 0 Å². The minimum atomic E-state index is 0. The van der Waals surface area contributed by atoms with Crippen LogP contribution in [0.3, 0.4) is 0 Å². The maximum Gasteiger partial charge on any atom is 2.00 e. The minimum absolute atomic E-state index is 0. The van der Waals surface area contributed by atoms with Gasteiger partial charge in [0.25, 0.3) is 0 Å². The Balaban J connectivity index is 0.000001000. The van der Waals surface area contributed by atoms with Crippen LogP contribution >= 0.6 is 0 Å². The van der Waals surface area contributed by atoms with E-state index in [-0.39, 0.29) is 21.1 Å². The summed E-state index contributed by atoms with van der Waals surface area (Å²) in [6.07, 6.45) is 1.11. The van der Waals surface area contributed by atoms with Crippen molar-refractivity contribution in [3.63, 3.8) is 0 Å². The van der Waals surface area contributed by atoms with Gasteiger partial charge in [-0.05, 0) is 0 Å². The topological polar surface area (TPSA) is 0 Å². The maximum absolute atomic E-state index is 2.16. The fourth-order valence-corrected chi connectivity index (χ4v) is 1.00. The van der Waals surface area contributed by atoms with Gasteiger partial charge in [-0.1, -0.05) is 35.9 Å². The number of hydrogen-bond donors (Lipinski definition) is 0. The Morgan fingerprint density at radius 1 is 1.09 bits per heavy atom. The average molecular weight is 317 g/mol. The molecule has 11 heavy (non-hydrogen) atoms. The van der Waals surface area contributed by atoms with Crippen LogP contribution in [-0.2, 0) is 27.5 Å². The van der Waals surface area contributed by atoms with Gasteiger partial charge in [-0.15, -0.1) is 0 Å². The van der Waals surface area contributed by atoms with E-state index in [1.807, 2.05) is 0 Å². The molecule has 58 valence electrons. The van der Waals surface area contributed by atoms with Gasteiger partial charge in [-0.3, -0.25) is 0 Å². The van der Waals surface area contributed by atoms with Crippen molar-refractivity contribution >= 4 is 0 Å². The molecule has 1 heteroatoms. The van der Waals surface area contributed by atoms with Crippen LogP contribution in [0, 0.1) is 5.92 Å². The molecule has 0 N–H and O–H groups in total. The van der Waals surface area contributed by atoms with E-state index in [0.717, 1.165) is 6.42 Å². The Morgan fingerprint density at radius 3 is 2.09 bits per heavy atom. The molecule has 0 spiro atoms. The van der Waals surface area contributed by atoms with E-state index in [1.165, 1.54) is 11.5 Å². The van der Waals surface area contributed by atoms with Crippen LogP contribution < -0.4 is 0 Å². The predicted molar refractivity (Wildman–Crippen MR) is 44.7 cm³/mol. The average Bonchev–Trinajstić information content (AvgIpc) is 1.88. The summed E-state index contributed by atoms with van der Waals surface area (Å²) in [6, 6.07) is 10.5. The molecule has 0 fully saturated rings. The van der Waals surface area contributed by atoms with E-state index >= 15 is 0 Å². The van der Waals surface area contributed by atoms with E-state index in [4.69, 9.17) is 0 Å². The summed E-state index contributed by atoms with van der Waals surface area (Å²) in [4.78, 5) is 0. The number of rotatable bonds is 2. The molecule has 1 aromatic carbocycles. The molecule has 0 aliphatic rings. The third kappa shape index (κ3) is 4.37. The van der Waals surface area contributed by atoms with E-state index in [0.29, 0.717) is 0 Å². The maximum atomic E-state index is 2.16. The number of hydrogen-bond acceptors (Lipinski definition) is 0. The Labute approximate surface area is 83.3 Å². The zero-order valence-electron chi connectivity index (χ0n) is 7.00. The largest absolute Gasteiger partial charge is 2.00 e. The van der Waals surface area contributed by atoms with Gasteiger partial charge in [0.05, 0.1) is 0 Å². The Kier molecular flexibility index (Phi) is 5.50.